The van der Waals surface area contributed by atoms with E-state index in [4.69, 9.17) is 4.42 Å². The van der Waals surface area contributed by atoms with Crippen LogP contribution in [0.25, 0.3) is 0 Å². The SMILES string of the molecule is CC1CC1c1ccc(C[N+](=O)[O-])o1. The normalized spacial score (nSPS) is 25.9. The van der Waals surface area contributed by atoms with Gasteiger partial charge in [-0.05, 0) is 24.5 Å². The van der Waals surface area contributed by atoms with Crippen molar-refractivity contribution in [3.63, 3.8) is 0 Å². The lowest BCUT2D eigenvalue weighted by Crippen LogP contribution is -1.95. The van der Waals surface area contributed by atoms with Gasteiger partial charge in [0, 0.05) is 10.8 Å². The summed E-state index contributed by atoms with van der Waals surface area (Å²) in [5.74, 6) is 2.54. The maximum atomic E-state index is 10.2. The van der Waals surface area contributed by atoms with Crippen LogP contribution in [0, 0.1) is 16.0 Å². The highest BCUT2D eigenvalue weighted by atomic mass is 16.6. The van der Waals surface area contributed by atoms with Crippen molar-refractivity contribution in [1.29, 1.82) is 0 Å². The molecule has 2 unspecified atom stereocenters. The molecule has 4 nitrogen and oxygen atoms in total. The van der Waals surface area contributed by atoms with Gasteiger partial charge in [0.1, 0.15) is 5.76 Å². The zero-order chi connectivity index (χ0) is 9.42. The van der Waals surface area contributed by atoms with Crippen molar-refractivity contribution in [3.8, 4) is 0 Å². The Hall–Kier alpha value is -1.32. The van der Waals surface area contributed by atoms with Gasteiger partial charge in [-0.15, -0.1) is 0 Å². The Labute approximate surface area is 75.7 Å². The van der Waals surface area contributed by atoms with Gasteiger partial charge in [0.25, 0.3) is 6.54 Å². The second-order valence-electron chi connectivity index (χ2n) is 3.61. The van der Waals surface area contributed by atoms with Crippen LogP contribution >= 0.6 is 0 Å². The third kappa shape index (κ3) is 1.71. The molecule has 70 valence electrons. The molecule has 13 heavy (non-hydrogen) atoms. The average molecular weight is 181 g/mol. The lowest BCUT2D eigenvalue weighted by atomic mass is 10.3. The summed E-state index contributed by atoms with van der Waals surface area (Å²) < 4.78 is 5.35. The fourth-order valence-electron chi connectivity index (χ4n) is 1.52. The predicted octanol–water partition coefficient (Wildman–Crippen LogP) is 2.18. The zero-order valence-corrected chi connectivity index (χ0v) is 7.40. The minimum atomic E-state index is -0.376. The topological polar surface area (TPSA) is 56.3 Å². The van der Waals surface area contributed by atoms with Gasteiger partial charge in [-0.1, -0.05) is 6.92 Å². The van der Waals surface area contributed by atoms with Crippen LogP contribution in [0.4, 0.5) is 0 Å². The molecule has 1 heterocycles. The highest BCUT2D eigenvalue weighted by molar-refractivity contribution is 5.17. The summed E-state index contributed by atoms with van der Waals surface area (Å²) in [6, 6.07) is 3.55. The van der Waals surface area contributed by atoms with Crippen molar-refractivity contribution in [2.24, 2.45) is 5.92 Å². The molecular weight excluding hydrogens is 170 g/mol. The Kier molecular flexibility index (Phi) is 1.83. The van der Waals surface area contributed by atoms with Gasteiger partial charge < -0.3 is 4.42 Å². The van der Waals surface area contributed by atoms with E-state index < -0.39 is 0 Å². The van der Waals surface area contributed by atoms with Gasteiger partial charge >= 0.3 is 0 Å². The third-order valence-corrected chi connectivity index (χ3v) is 2.44. The fraction of sp³-hybridized carbons (Fsp3) is 0.556. The first kappa shape index (κ1) is 8.29. The number of furan rings is 1. The molecule has 4 heteroatoms. The maximum Gasteiger partial charge on any atom is 0.260 e. The lowest BCUT2D eigenvalue weighted by molar-refractivity contribution is -0.499. The molecule has 0 spiro atoms. The smallest absolute Gasteiger partial charge is 0.260 e. The summed E-state index contributed by atoms with van der Waals surface area (Å²) in [5, 5.41) is 10.2. The van der Waals surface area contributed by atoms with E-state index >= 15 is 0 Å². The summed E-state index contributed by atoms with van der Waals surface area (Å²) in [4.78, 5) is 9.80. The second-order valence-corrected chi connectivity index (χ2v) is 3.61. The van der Waals surface area contributed by atoms with Crippen LogP contribution < -0.4 is 0 Å². The molecule has 1 aliphatic carbocycles. The van der Waals surface area contributed by atoms with Crippen LogP contribution in [0.15, 0.2) is 16.5 Å². The monoisotopic (exact) mass is 181 g/mol. The molecule has 0 amide bonds. The van der Waals surface area contributed by atoms with E-state index in [0.29, 0.717) is 17.6 Å². The number of rotatable bonds is 3. The van der Waals surface area contributed by atoms with Crippen molar-refractivity contribution in [2.45, 2.75) is 25.8 Å². The molecule has 0 saturated heterocycles. The minimum Gasteiger partial charge on any atom is -0.459 e. The van der Waals surface area contributed by atoms with Crippen molar-refractivity contribution < 1.29 is 9.34 Å². The van der Waals surface area contributed by atoms with E-state index in [-0.39, 0.29) is 11.5 Å². The van der Waals surface area contributed by atoms with Crippen LogP contribution in [-0.4, -0.2) is 4.92 Å². The van der Waals surface area contributed by atoms with Gasteiger partial charge in [-0.25, -0.2) is 0 Å². The van der Waals surface area contributed by atoms with Crippen LogP contribution in [0.1, 0.15) is 30.8 Å². The second kappa shape index (κ2) is 2.87. The van der Waals surface area contributed by atoms with Crippen molar-refractivity contribution >= 4 is 0 Å². The molecule has 1 saturated carbocycles. The molecule has 2 atom stereocenters. The maximum absolute atomic E-state index is 10.2. The number of nitrogens with zero attached hydrogens (tertiary/aromatic N) is 1. The zero-order valence-electron chi connectivity index (χ0n) is 7.40. The number of hydrogen-bond donors (Lipinski definition) is 0. The summed E-state index contributed by atoms with van der Waals surface area (Å²) in [6.07, 6.45) is 1.14. The van der Waals surface area contributed by atoms with E-state index in [1.54, 1.807) is 6.07 Å². The summed E-state index contributed by atoms with van der Waals surface area (Å²) in [5.41, 5.74) is 0. The Morgan fingerprint density at radius 1 is 1.69 bits per heavy atom. The van der Waals surface area contributed by atoms with E-state index in [2.05, 4.69) is 6.92 Å². The molecule has 0 bridgehead atoms. The van der Waals surface area contributed by atoms with Crippen molar-refractivity contribution in [1.82, 2.24) is 0 Å². The molecule has 1 aromatic rings. The molecule has 1 aliphatic rings. The molecule has 0 aliphatic heterocycles. The van der Waals surface area contributed by atoms with Crippen LogP contribution in [0.5, 0.6) is 0 Å². The molecular formula is C9H11NO3. The van der Waals surface area contributed by atoms with Gasteiger partial charge in [0.2, 0.25) is 0 Å². The van der Waals surface area contributed by atoms with Gasteiger partial charge in [0.15, 0.2) is 5.76 Å². The lowest BCUT2D eigenvalue weighted by Gasteiger charge is -1.90. The molecule has 2 rings (SSSR count). The van der Waals surface area contributed by atoms with Crippen LogP contribution in [-0.2, 0) is 6.54 Å². The summed E-state index contributed by atoms with van der Waals surface area (Å²) >= 11 is 0. The Bertz CT molecular complexity index is 331. The Morgan fingerprint density at radius 2 is 2.38 bits per heavy atom. The first-order valence-corrected chi connectivity index (χ1v) is 4.37. The summed E-state index contributed by atoms with van der Waals surface area (Å²) in [6.45, 7) is 1.95. The highest BCUT2D eigenvalue weighted by Gasteiger charge is 2.36. The fourth-order valence-corrected chi connectivity index (χ4v) is 1.52. The number of hydrogen-bond acceptors (Lipinski definition) is 3. The first-order valence-electron chi connectivity index (χ1n) is 4.37. The quantitative estimate of drug-likeness (QED) is 0.530. The van der Waals surface area contributed by atoms with Gasteiger partial charge in [0.05, 0.1) is 0 Å². The Morgan fingerprint density at radius 3 is 2.92 bits per heavy atom. The van der Waals surface area contributed by atoms with E-state index in [1.807, 2.05) is 6.07 Å². The van der Waals surface area contributed by atoms with E-state index in [9.17, 15) is 10.1 Å². The largest absolute Gasteiger partial charge is 0.459 e. The minimum absolute atomic E-state index is 0.207. The third-order valence-electron chi connectivity index (χ3n) is 2.44. The average Bonchev–Trinajstić information content (AvgIpc) is 2.60. The van der Waals surface area contributed by atoms with Crippen molar-refractivity contribution in [2.75, 3.05) is 0 Å². The molecule has 1 fully saturated rings. The van der Waals surface area contributed by atoms with E-state index in [0.717, 1.165) is 12.2 Å². The van der Waals surface area contributed by atoms with Gasteiger partial charge in [-0.3, -0.25) is 10.1 Å². The molecule has 0 aromatic carbocycles. The predicted molar refractivity (Wildman–Crippen MR) is 45.9 cm³/mol. The first-order chi connectivity index (χ1) is 6.16. The molecule has 1 aromatic heterocycles. The molecule has 0 N–H and O–H groups in total. The highest BCUT2D eigenvalue weighted by Crippen LogP contribution is 2.47. The van der Waals surface area contributed by atoms with E-state index in [1.165, 1.54) is 0 Å². The van der Waals surface area contributed by atoms with Gasteiger partial charge in [-0.2, -0.15) is 0 Å². The van der Waals surface area contributed by atoms with Crippen LogP contribution in [0.2, 0.25) is 0 Å². The summed E-state index contributed by atoms with van der Waals surface area (Å²) in [7, 11) is 0. The molecule has 0 radical (unpaired) electrons. The number of nitro groups is 1. The standard InChI is InChI=1S/C9H11NO3/c1-6-4-8(6)9-3-2-7(13-9)5-10(11)12/h2-3,6,8H,4-5H2,1H3. The van der Waals surface area contributed by atoms with Crippen molar-refractivity contribution in [3.05, 3.63) is 33.8 Å². The van der Waals surface area contributed by atoms with Crippen LogP contribution in [0.3, 0.4) is 0 Å². The Balaban J connectivity index is 2.05.